The van der Waals surface area contributed by atoms with Gasteiger partial charge in [0.05, 0.1) is 10.7 Å². The highest BCUT2D eigenvalue weighted by Gasteiger charge is 2.15. The highest BCUT2D eigenvalue weighted by molar-refractivity contribution is 7.12. The Kier molecular flexibility index (Phi) is 4.76. The summed E-state index contributed by atoms with van der Waals surface area (Å²) in [5, 5.41) is 6.81. The molecule has 0 amide bonds. The molecule has 2 rings (SSSR count). The minimum Gasteiger partial charge on any atom is -0.311 e. The Morgan fingerprint density at radius 3 is 2.63 bits per heavy atom. The van der Waals surface area contributed by atoms with Crippen molar-refractivity contribution in [2.75, 3.05) is 6.54 Å². The summed E-state index contributed by atoms with van der Waals surface area (Å²) in [5.41, 5.74) is 1.47. The average Bonchev–Trinajstić information content (AvgIpc) is 2.93. The summed E-state index contributed by atoms with van der Waals surface area (Å²) >= 11 is 3.64. The Hall–Kier alpha value is -0.710. The molecular formula is C15H22N2S2. The largest absolute Gasteiger partial charge is 0.311 e. The van der Waals surface area contributed by atoms with Gasteiger partial charge in [0.25, 0.3) is 0 Å². The number of rotatable bonds is 5. The van der Waals surface area contributed by atoms with Crippen LogP contribution in [0.3, 0.4) is 0 Å². The first-order valence-electron chi connectivity index (χ1n) is 6.66. The molecule has 0 aliphatic heterocycles. The Morgan fingerprint density at radius 1 is 1.26 bits per heavy atom. The number of nitrogens with zero attached hydrogens (tertiary/aromatic N) is 1. The van der Waals surface area contributed by atoms with Crippen molar-refractivity contribution in [3.8, 4) is 0 Å². The third kappa shape index (κ3) is 4.41. The summed E-state index contributed by atoms with van der Waals surface area (Å²) in [5.74, 6) is 0. The van der Waals surface area contributed by atoms with Gasteiger partial charge < -0.3 is 5.32 Å². The standard InChI is InChI=1S/C15H22N2S2/c1-11-17-12(10-18-11)7-8-16-9-13-5-6-14(19-13)15(2,3)4/h5-6,10,16H,7-9H2,1-4H3. The van der Waals surface area contributed by atoms with Gasteiger partial charge in [0.15, 0.2) is 0 Å². The molecule has 0 saturated carbocycles. The van der Waals surface area contributed by atoms with Gasteiger partial charge in [0.1, 0.15) is 0 Å². The summed E-state index contributed by atoms with van der Waals surface area (Å²) < 4.78 is 0. The number of hydrogen-bond donors (Lipinski definition) is 1. The van der Waals surface area contributed by atoms with Gasteiger partial charge in [0.2, 0.25) is 0 Å². The van der Waals surface area contributed by atoms with E-state index in [0.29, 0.717) is 0 Å². The Bertz CT molecular complexity index is 520. The van der Waals surface area contributed by atoms with Crippen molar-refractivity contribution in [1.29, 1.82) is 0 Å². The summed E-state index contributed by atoms with van der Waals surface area (Å²) in [6.07, 6.45) is 1.02. The molecule has 0 aliphatic rings. The molecule has 2 aromatic heterocycles. The van der Waals surface area contributed by atoms with Gasteiger partial charge in [-0.3, -0.25) is 0 Å². The van der Waals surface area contributed by atoms with E-state index < -0.39 is 0 Å². The van der Waals surface area contributed by atoms with Crippen molar-refractivity contribution in [2.45, 2.75) is 46.1 Å². The fourth-order valence-electron chi connectivity index (χ4n) is 1.83. The predicted molar refractivity (Wildman–Crippen MR) is 85.3 cm³/mol. The fraction of sp³-hybridized carbons (Fsp3) is 0.533. The van der Waals surface area contributed by atoms with Crippen LogP contribution in [0.1, 0.15) is 41.2 Å². The molecule has 0 unspecified atom stereocenters. The molecule has 19 heavy (non-hydrogen) atoms. The minimum absolute atomic E-state index is 0.265. The van der Waals surface area contributed by atoms with Crippen LogP contribution >= 0.6 is 22.7 Å². The fourth-order valence-corrected chi connectivity index (χ4v) is 3.51. The minimum atomic E-state index is 0.265. The highest BCUT2D eigenvalue weighted by Crippen LogP contribution is 2.29. The van der Waals surface area contributed by atoms with E-state index in [0.717, 1.165) is 24.5 Å². The molecule has 0 saturated heterocycles. The average molecular weight is 294 g/mol. The summed E-state index contributed by atoms with van der Waals surface area (Å²) in [6, 6.07) is 4.50. The first-order valence-corrected chi connectivity index (χ1v) is 8.36. The van der Waals surface area contributed by atoms with E-state index in [-0.39, 0.29) is 5.41 Å². The van der Waals surface area contributed by atoms with Crippen molar-refractivity contribution in [3.63, 3.8) is 0 Å². The summed E-state index contributed by atoms with van der Waals surface area (Å²) in [6.45, 7) is 10.8. The lowest BCUT2D eigenvalue weighted by Crippen LogP contribution is -2.16. The molecule has 0 spiro atoms. The van der Waals surface area contributed by atoms with E-state index >= 15 is 0 Å². The van der Waals surface area contributed by atoms with Crippen molar-refractivity contribution in [2.24, 2.45) is 0 Å². The smallest absolute Gasteiger partial charge is 0.0897 e. The van der Waals surface area contributed by atoms with Gasteiger partial charge in [0, 0.05) is 34.6 Å². The van der Waals surface area contributed by atoms with Crippen LogP contribution in [0.25, 0.3) is 0 Å². The summed E-state index contributed by atoms with van der Waals surface area (Å²) in [7, 11) is 0. The van der Waals surface area contributed by atoms with Crippen LogP contribution in [0.4, 0.5) is 0 Å². The van der Waals surface area contributed by atoms with Crippen molar-refractivity contribution in [3.05, 3.63) is 38.0 Å². The number of aryl methyl sites for hydroxylation is 1. The van der Waals surface area contributed by atoms with Crippen LogP contribution in [0.5, 0.6) is 0 Å². The predicted octanol–water partition coefficient (Wildman–Crippen LogP) is 4.14. The third-order valence-corrected chi connectivity index (χ3v) is 5.26. The van der Waals surface area contributed by atoms with Gasteiger partial charge in [-0.15, -0.1) is 22.7 Å². The van der Waals surface area contributed by atoms with E-state index in [1.807, 2.05) is 11.3 Å². The molecule has 0 fully saturated rings. The second-order valence-electron chi connectivity index (χ2n) is 5.80. The van der Waals surface area contributed by atoms with Crippen molar-refractivity contribution in [1.82, 2.24) is 10.3 Å². The molecule has 0 aromatic carbocycles. The molecule has 4 heteroatoms. The number of hydrogen-bond acceptors (Lipinski definition) is 4. The Labute approximate surface area is 123 Å². The quantitative estimate of drug-likeness (QED) is 0.838. The van der Waals surface area contributed by atoms with E-state index in [1.54, 1.807) is 11.3 Å². The van der Waals surface area contributed by atoms with Crippen molar-refractivity contribution >= 4 is 22.7 Å². The number of thiazole rings is 1. The van der Waals surface area contributed by atoms with E-state index in [4.69, 9.17) is 0 Å². The van der Waals surface area contributed by atoms with Gasteiger partial charge in [-0.25, -0.2) is 4.98 Å². The molecule has 0 radical (unpaired) electrons. The first-order chi connectivity index (χ1) is 8.95. The molecule has 1 N–H and O–H groups in total. The van der Waals surface area contributed by atoms with E-state index in [9.17, 15) is 0 Å². The second-order valence-corrected chi connectivity index (χ2v) is 8.03. The van der Waals surface area contributed by atoms with Gasteiger partial charge in [-0.05, 0) is 24.5 Å². The second kappa shape index (κ2) is 6.16. The highest BCUT2D eigenvalue weighted by atomic mass is 32.1. The maximum Gasteiger partial charge on any atom is 0.0897 e. The molecule has 0 aliphatic carbocycles. The Balaban J connectivity index is 1.75. The SMILES string of the molecule is Cc1nc(CCNCc2ccc(C(C)(C)C)s2)cs1. The lowest BCUT2D eigenvalue weighted by Gasteiger charge is -2.15. The normalized spacial score (nSPS) is 12.0. The lowest BCUT2D eigenvalue weighted by atomic mass is 9.95. The van der Waals surface area contributed by atoms with E-state index in [1.165, 1.54) is 15.4 Å². The first kappa shape index (κ1) is 14.7. The monoisotopic (exact) mass is 294 g/mol. The Morgan fingerprint density at radius 2 is 2.05 bits per heavy atom. The lowest BCUT2D eigenvalue weighted by molar-refractivity contribution is 0.604. The van der Waals surface area contributed by atoms with Gasteiger partial charge in [-0.2, -0.15) is 0 Å². The zero-order valence-electron chi connectivity index (χ0n) is 12.1. The maximum absolute atomic E-state index is 4.47. The number of aromatic nitrogens is 1. The molecule has 104 valence electrons. The van der Waals surface area contributed by atoms with Crippen molar-refractivity contribution < 1.29 is 0 Å². The zero-order valence-corrected chi connectivity index (χ0v) is 13.8. The van der Waals surface area contributed by atoms with Crippen LogP contribution in [-0.2, 0) is 18.4 Å². The van der Waals surface area contributed by atoms with Crippen LogP contribution in [-0.4, -0.2) is 11.5 Å². The summed E-state index contributed by atoms with van der Waals surface area (Å²) in [4.78, 5) is 7.35. The molecular weight excluding hydrogens is 272 g/mol. The maximum atomic E-state index is 4.47. The van der Waals surface area contributed by atoms with Crippen LogP contribution in [0.15, 0.2) is 17.5 Å². The molecule has 2 nitrogen and oxygen atoms in total. The van der Waals surface area contributed by atoms with Crippen LogP contribution in [0, 0.1) is 6.92 Å². The molecule has 2 heterocycles. The third-order valence-electron chi connectivity index (χ3n) is 2.92. The molecule has 2 aromatic rings. The van der Waals surface area contributed by atoms with Crippen LogP contribution < -0.4 is 5.32 Å². The number of thiophene rings is 1. The molecule has 0 bridgehead atoms. The molecule has 0 atom stereocenters. The van der Waals surface area contributed by atoms with E-state index in [2.05, 4.69) is 55.5 Å². The van der Waals surface area contributed by atoms with Gasteiger partial charge >= 0.3 is 0 Å². The topological polar surface area (TPSA) is 24.9 Å². The number of nitrogens with one attached hydrogen (secondary N) is 1. The zero-order chi connectivity index (χ0) is 13.9. The van der Waals surface area contributed by atoms with Gasteiger partial charge in [-0.1, -0.05) is 20.8 Å². The van der Waals surface area contributed by atoms with Crippen LogP contribution in [0.2, 0.25) is 0 Å².